The lowest BCUT2D eigenvalue weighted by atomic mass is 10.1. The van der Waals surface area contributed by atoms with Gasteiger partial charge in [-0.1, -0.05) is 31.5 Å². The van der Waals surface area contributed by atoms with Gasteiger partial charge in [-0.25, -0.2) is 4.98 Å². The van der Waals surface area contributed by atoms with E-state index in [1.165, 1.54) is 11.5 Å². The summed E-state index contributed by atoms with van der Waals surface area (Å²) < 4.78 is 1.38. The Kier molecular flexibility index (Phi) is 4.90. The zero-order valence-corrected chi connectivity index (χ0v) is 15.8. The Morgan fingerprint density at radius 2 is 1.89 bits per heavy atom. The molecule has 0 radical (unpaired) electrons. The van der Waals surface area contributed by atoms with Gasteiger partial charge in [-0.05, 0) is 36.8 Å². The van der Waals surface area contributed by atoms with Gasteiger partial charge in [0.15, 0.2) is 5.82 Å². The summed E-state index contributed by atoms with van der Waals surface area (Å²) in [4.78, 5) is 41.0. The number of aryl methyl sites for hydroxylation is 1. The first-order valence-electron chi connectivity index (χ1n) is 8.91. The lowest BCUT2D eigenvalue weighted by Crippen LogP contribution is -2.22. The first-order valence-corrected chi connectivity index (χ1v) is 8.91. The summed E-state index contributed by atoms with van der Waals surface area (Å²) in [5.41, 5.74) is 3.04. The average Bonchev–Trinajstić information content (AvgIpc) is 2.94. The van der Waals surface area contributed by atoms with Crippen LogP contribution in [0.25, 0.3) is 16.6 Å². The second kappa shape index (κ2) is 7.15. The van der Waals surface area contributed by atoms with Gasteiger partial charge in [0.25, 0.3) is 5.56 Å². The molecule has 140 valence electrons. The van der Waals surface area contributed by atoms with Gasteiger partial charge in [-0.2, -0.15) is 0 Å². The highest BCUT2D eigenvalue weighted by Crippen LogP contribution is 2.27. The maximum absolute atomic E-state index is 12.9. The Balaban J connectivity index is 0.000000906. The maximum Gasteiger partial charge on any atom is 0.266 e. The highest BCUT2D eigenvalue weighted by atomic mass is 16.2. The molecule has 0 saturated carbocycles. The van der Waals surface area contributed by atoms with E-state index in [4.69, 9.17) is 0 Å². The Morgan fingerprint density at radius 1 is 1.15 bits per heavy atom. The molecule has 6 nitrogen and oxygen atoms in total. The van der Waals surface area contributed by atoms with E-state index in [9.17, 15) is 14.4 Å². The number of carbonyl (C=O) groups excluding carboxylic acids is 2. The number of hydrogen-bond acceptors (Lipinski definition) is 4. The molecule has 0 fully saturated rings. The van der Waals surface area contributed by atoms with Gasteiger partial charge in [0.1, 0.15) is 0 Å². The fourth-order valence-corrected chi connectivity index (χ4v) is 3.09. The molecular weight excluding hydrogens is 342 g/mol. The van der Waals surface area contributed by atoms with Crippen LogP contribution >= 0.6 is 0 Å². The molecule has 0 aliphatic carbocycles. The van der Waals surface area contributed by atoms with Crippen molar-refractivity contribution in [1.82, 2.24) is 14.9 Å². The van der Waals surface area contributed by atoms with E-state index >= 15 is 0 Å². The van der Waals surface area contributed by atoms with Crippen LogP contribution in [0.3, 0.4) is 0 Å². The molecule has 1 aliphatic heterocycles. The number of amides is 1. The number of aromatic nitrogens is 2. The van der Waals surface area contributed by atoms with E-state index in [2.05, 4.69) is 10.3 Å². The van der Waals surface area contributed by atoms with Gasteiger partial charge < -0.3 is 5.32 Å². The fraction of sp³-hybridized carbons (Fsp3) is 0.238. The minimum atomic E-state index is -0.262. The van der Waals surface area contributed by atoms with E-state index in [0.29, 0.717) is 28.7 Å². The van der Waals surface area contributed by atoms with Crippen molar-refractivity contribution < 1.29 is 11.0 Å². The summed E-state index contributed by atoms with van der Waals surface area (Å²) in [5.74, 6) is -0.247. The monoisotopic (exact) mass is 365 g/mol. The summed E-state index contributed by atoms with van der Waals surface area (Å²) in [6, 6.07) is 10.6. The Bertz CT molecular complexity index is 1140. The molecule has 1 aromatic heterocycles. The van der Waals surface area contributed by atoms with Crippen LogP contribution in [0.2, 0.25) is 0 Å². The van der Waals surface area contributed by atoms with E-state index in [0.717, 1.165) is 11.1 Å². The van der Waals surface area contributed by atoms with Crippen molar-refractivity contribution in [1.29, 1.82) is 0 Å². The molecule has 0 bridgehead atoms. The number of nitrogens with zero attached hydrogens (tertiary/aromatic N) is 2. The Morgan fingerprint density at radius 3 is 2.59 bits per heavy atom. The third kappa shape index (κ3) is 3.14. The summed E-state index contributed by atoms with van der Waals surface area (Å²) in [5, 5.41) is 3.15. The Hall–Kier alpha value is -3.28. The number of fused-ring (bicyclic) bond motifs is 4. The van der Waals surface area contributed by atoms with E-state index < -0.39 is 0 Å². The summed E-state index contributed by atoms with van der Waals surface area (Å²) in [6.45, 7) is 7.69. The summed E-state index contributed by atoms with van der Waals surface area (Å²) >= 11 is 0. The molecule has 0 spiro atoms. The predicted molar refractivity (Wildman–Crippen MR) is 106 cm³/mol. The number of benzene rings is 2. The number of rotatable bonds is 2. The zero-order valence-electron chi connectivity index (χ0n) is 15.8. The van der Waals surface area contributed by atoms with Crippen molar-refractivity contribution in [2.45, 2.75) is 34.2 Å². The van der Waals surface area contributed by atoms with Crippen LogP contribution < -0.4 is 10.9 Å². The first-order chi connectivity index (χ1) is 13.0. The van der Waals surface area contributed by atoms with Crippen LogP contribution in [0.5, 0.6) is 0 Å². The van der Waals surface area contributed by atoms with Crippen LogP contribution in [-0.2, 0) is 11.3 Å². The molecule has 1 N–H and O–H groups in total. The number of nitrogens with one attached hydrogen (secondary N) is 1. The van der Waals surface area contributed by atoms with E-state index in [-0.39, 0.29) is 24.5 Å². The van der Waals surface area contributed by atoms with Crippen LogP contribution in [0.4, 0.5) is 0 Å². The van der Waals surface area contributed by atoms with Gasteiger partial charge in [0.05, 0.1) is 22.2 Å². The third-order valence-corrected chi connectivity index (χ3v) is 4.32. The first kappa shape index (κ1) is 18.5. The number of hydrogen-bond donors (Lipinski definition) is 1. The molecule has 2 aromatic carbocycles. The zero-order chi connectivity index (χ0) is 19.7. The van der Waals surface area contributed by atoms with Crippen LogP contribution in [0.1, 0.15) is 49.5 Å². The quantitative estimate of drug-likeness (QED) is 0.592. The van der Waals surface area contributed by atoms with E-state index in [1.54, 1.807) is 30.3 Å². The molecule has 27 heavy (non-hydrogen) atoms. The molecular formula is C21H23N3O3. The minimum absolute atomic E-state index is 0. The molecule has 2 heterocycles. The van der Waals surface area contributed by atoms with Gasteiger partial charge in [-0.15, -0.1) is 0 Å². The molecule has 1 aliphatic rings. The van der Waals surface area contributed by atoms with Crippen molar-refractivity contribution in [3.8, 4) is 5.69 Å². The molecule has 0 unspecified atom stereocenters. The average molecular weight is 365 g/mol. The second-order valence-electron chi connectivity index (χ2n) is 6.19. The topological polar surface area (TPSA) is 81.1 Å². The van der Waals surface area contributed by atoms with Crippen LogP contribution in [-0.4, -0.2) is 21.2 Å². The van der Waals surface area contributed by atoms with E-state index in [1.807, 2.05) is 26.8 Å². The van der Waals surface area contributed by atoms with Gasteiger partial charge in [0, 0.05) is 14.9 Å². The molecule has 4 rings (SSSR count). The molecule has 1 amide bonds. The number of carbonyl (C=O) groups is 2. The molecule has 6 heteroatoms. The third-order valence-electron chi connectivity index (χ3n) is 4.32. The predicted octanol–water partition coefficient (Wildman–Crippen LogP) is 3.15. The molecule has 3 aromatic rings. The van der Waals surface area contributed by atoms with Crippen molar-refractivity contribution in [2.24, 2.45) is 0 Å². The second-order valence-corrected chi connectivity index (χ2v) is 6.19. The van der Waals surface area contributed by atoms with Crippen molar-refractivity contribution in [2.75, 3.05) is 0 Å². The van der Waals surface area contributed by atoms with Crippen molar-refractivity contribution >= 4 is 22.6 Å². The molecule has 0 saturated heterocycles. The van der Waals surface area contributed by atoms with Crippen LogP contribution in [0.15, 0.2) is 41.2 Å². The molecule has 0 atom stereocenters. The SMILES string of the molecule is CC.CC(=O)NCc1ccc2c(=O)n3c(nc2c1)C(=O)c1cc(C)ccc1-3.[HH]. The fourth-order valence-electron chi connectivity index (χ4n) is 3.09. The summed E-state index contributed by atoms with van der Waals surface area (Å²) in [6.07, 6.45) is 0. The Labute approximate surface area is 158 Å². The van der Waals surface area contributed by atoms with Gasteiger partial charge >= 0.3 is 0 Å². The van der Waals surface area contributed by atoms with Gasteiger partial charge in [0.2, 0.25) is 11.7 Å². The lowest BCUT2D eigenvalue weighted by Gasteiger charge is -2.07. The largest absolute Gasteiger partial charge is 0.352 e. The maximum atomic E-state index is 12.9. The van der Waals surface area contributed by atoms with Gasteiger partial charge in [-0.3, -0.25) is 19.0 Å². The highest BCUT2D eigenvalue weighted by molar-refractivity contribution is 6.13. The van der Waals surface area contributed by atoms with Crippen LogP contribution in [0, 0.1) is 6.92 Å². The van der Waals surface area contributed by atoms with Crippen molar-refractivity contribution in [3.63, 3.8) is 0 Å². The normalized spacial score (nSPS) is 11.5. The lowest BCUT2D eigenvalue weighted by molar-refractivity contribution is -0.119. The highest BCUT2D eigenvalue weighted by Gasteiger charge is 2.30. The standard InChI is InChI=1S/C19H15N3O3.C2H6.H2/c1-10-3-6-16-14(7-10)17(24)18-21-15-8-12(9-20-11(2)23)4-5-13(15)19(25)22(16)18;1-2;/h3-8H,9H2,1-2H3,(H,20,23);1-2H3;1H. The van der Waals surface area contributed by atoms with Crippen molar-refractivity contribution in [3.05, 3.63) is 69.3 Å². The smallest absolute Gasteiger partial charge is 0.266 e. The minimum Gasteiger partial charge on any atom is -0.352 e. The summed E-state index contributed by atoms with van der Waals surface area (Å²) in [7, 11) is 0. The number of ketones is 1.